The average Bonchev–Trinajstić information content (AvgIpc) is 1.64. The molecule has 0 aliphatic rings. The molecule has 0 atom stereocenters. The molecule has 0 amide bonds. The van der Waals surface area contributed by atoms with Crippen molar-refractivity contribution in [3.63, 3.8) is 0 Å². The number of nitrogens with one attached hydrogen (secondary N) is 2. The molecular weight excluding hydrogens is 146 g/mol. The van der Waals surface area contributed by atoms with Crippen molar-refractivity contribution >= 4 is 0 Å². The molecule has 0 aliphatic carbocycles. The first kappa shape index (κ1) is 11.4. The molecule has 0 fully saturated rings. The van der Waals surface area contributed by atoms with Gasteiger partial charge < -0.3 is 4.98 Å². The summed E-state index contributed by atoms with van der Waals surface area (Å²) in [4.78, 5) is 24.7. The minimum absolute atomic E-state index is 0. The number of aromatic nitrogens is 2. The molecule has 10 heavy (non-hydrogen) atoms. The van der Waals surface area contributed by atoms with E-state index in [2.05, 4.69) is 4.98 Å². The number of rotatable bonds is 0. The first-order valence-electron chi connectivity index (χ1n) is 2.07. The van der Waals surface area contributed by atoms with Gasteiger partial charge in [0.25, 0.3) is 5.56 Å². The summed E-state index contributed by atoms with van der Waals surface area (Å²) < 4.78 is 0. The van der Waals surface area contributed by atoms with Gasteiger partial charge >= 0.3 is 5.69 Å². The lowest BCUT2D eigenvalue weighted by Gasteiger charge is -1.75. The second kappa shape index (κ2) is 4.42. The molecule has 4 nitrogen and oxygen atoms in total. The maximum atomic E-state index is 10.2. The molecule has 0 aliphatic heterocycles. The standard InChI is InChI=1S/C4H4N2O2.2FH/c7-3-1-2-5-4(8)6-3;;/h1-2H,(H2,5,6,7,8);2*1H. The summed E-state index contributed by atoms with van der Waals surface area (Å²) in [6, 6.07) is 1.24. The van der Waals surface area contributed by atoms with E-state index in [4.69, 9.17) is 0 Å². The highest BCUT2D eigenvalue weighted by Gasteiger charge is 1.77. The van der Waals surface area contributed by atoms with E-state index in [1.54, 1.807) is 0 Å². The maximum absolute atomic E-state index is 10.2. The van der Waals surface area contributed by atoms with Gasteiger partial charge in [-0.15, -0.1) is 0 Å². The molecule has 0 radical (unpaired) electrons. The van der Waals surface area contributed by atoms with E-state index in [0.717, 1.165) is 0 Å². The molecule has 2 N–H and O–H groups in total. The van der Waals surface area contributed by atoms with Gasteiger partial charge in [0.2, 0.25) is 0 Å². The van der Waals surface area contributed by atoms with Gasteiger partial charge in [-0.05, 0) is 0 Å². The summed E-state index contributed by atoms with van der Waals surface area (Å²) in [5.74, 6) is 0. The predicted molar refractivity (Wildman–Crippen MR) is 32.7 cm³/mol. The van der Waals surface area contributed by atoms with Crippen LogP contribution in [0, 0.1) is 0 Å². The summed E-state index contributed by atoms with van der Waals surface area (Å²) in [7, 11) is 0. The first-order chi connectivity index (χ1) is 3.79. The second-order valence-electron chi connectivity index (χ2n) is 1.30. The molecule has 58 valence electrons. The summed E-state index contributed by atoms with van der Waals surface area (Å²) in [6.07, 6.45) is 1.29. The van der Waals surface area contributed by atoms with Crippen LogP contribution in [0.3, 0.4) is 0 Å². The Morgan fingerprint density at radius 3 is 2.10 bits per heavy atom. The Hall–Kier alpha value is -1.46. The molecule has 1 aromatic heterocycles. The Labute approximate surface area is 53.7 Å². The van der Waals surface area contributed by atoms with Crippen molar-refractivity contribution in [2.75, 3.05) is 0 Å². The SMILES string of the molecule is F.F.O=c1cc[nH]c(=O)[nH]1. The summed E-state index contributed by atoms with van der Waals surface area (Å²) >= 11 is 0. The lowest BCUT2D eigenvalue weighted by molar-refractivity contribution is 1.04. The molecular formula is C4H6F2N2O2. The van der Waals surface area contributed by atoms with Crippen molar-refractivity contribution in [1.82, 2.24) is 9.97 Å². The van der Waals surface area contributed by atoms with Crippen LogP contribution in [0.25, 0.3) is 0 Å². The summed E-state index contributed by atoms with van der Waals surface area (Å²) in [5.41, 5.74) is -0.855. The summed E-state index contributed by atoms with van der Waals surface area (Å²) in [5, 5.41) is 0. The van der Waals surface area contributed by atoms with Gasteiger partial charge in [0, 0.05) is 12.3 Å². The van der Waals surface area contributed by atoms with Crippen molar-refractivity contribution in [3.8, 4) is 0 Å². The van der Waals surface area contributed by atoms with Crippen LogP contribution in [0.15, 0.2) is 21.9 Å². The smallest absolute Gasteiger partial charge is 0.314 e. The van der Waals surface area contributed by atoms with E-state index < -0.39 is 5.69 Å². The van der Waals surface area contributed by atoms with Crippen molar-refractivity contribution in [3.05, 3.63) is 33.1 Å². The molecule has 1 rings (SSSR count). The van der Waals surface area contributed by atoms with E-state index >= 15 is 0 Å². The van der Waals surface area contributed by atoms with E-state index in [-0.39, 0.29) is 15.0 Å². The van der Waals surface area contributed by atoms with Crippen LogP contribution in [0.4, 0.5) is 9.41 Å². The number of halogens is 2. The molecule has 1 heterocycles. The first-order valence-corrected chi connectivity index (χ1v) is 2.07. The van der Waals surface area contributed by atoms with Gasteiger partial charge in [0.15, 0.2) is 0 Å². The third kappa shape index (κ3) is 2.75. The van der Waals surface area contributed by atoms with Crippen LogP contribution >= 0.6 is 0 Å². The van der Waals surface area contributed by atoms with E-state index in [1.165, 1.54) is 12.3 Å². The Morgan fingerprint density at radius 2 is 1.80 bits per heavy atom. The number of aromatic amines is 2. The van der Waals surface area contributed by atoms with Crippen LogP contribution in [0.1, 0.15) is 0 Å². The van der Waals surface area contributed by atoms with Gasteiger partial charge in [0.1, 0.15) is 0 Å². The van der Waals surface area contributed by atoms with Crippen molar-refractivity contribution in [2.45, 2.75) is 0 Å². The molecule has 0 spiro atoms. The number of H-pyrrole nitrogens is 2. The molecule has 0 saturated heterocycles. The van der Waals surface area contributed by atoms with Crippen molar-refractivity contribution in [2.24, 2.45) is 0 Å². The fourth-order valence-electron chi connectivity index (χ4n) is 0.383. The number of hydrogen-bond acceptors (Lipinski definition) is 2. The predicted octanol–water partition coefficient (Wildman–Crippen LogP) is -0.632. The monoisotopic (exact) mass is 152 g/mol. The molecule has 6 heteroatoms. The molecule has 0 bridgehead atoms. The van der Waals surface area contributed by atoms with Gasteiger partial charge in [-0.3, -0.25) is 19.2 Å². The zero-order valence-electron chi connectivity index (χ0n) is 4.79. The van der Waals surface area contributed by atoms with Gasteiger partial charge in [-0.1, -0.05) is 0 Å². The lowest BCUT2D eigenvalue weighted by Crippen LogP contribution is -2.19. The largest absolute Gasteiger partial charge is 0.325 e. The van der Waals surface area contributed by atoms with Gasteiger partial charge in [0.05, 0.1) is 0 Å². The highest BCUT2D eigenvalue weighted by molar-refractivity contribution is 4.77. The third-order valence-electron chi connectivity index (χ3n) is 0.686. The van der Waals surface area contributed by atoms with Crippen LogP contribution < -0.4 is 11.2 Å². The zero-order valence-corrected chi connectivity index (χ0v) is 4.79. The van der Waals surface area contributed by atoms with Crippen LogP contribution in [-0.4, -0.2) is 9.97 Å². The molecule has 0 aromatic carbocycles. The van der Waals surface area contributed by atoms with Crippen molar-refractivity contribution in [1.29, 1.82) is 0 Å². The highest BCUT2D eigenvalue weighted by atomic mass is 19.0. The summed E-state index contributed by atoms with van der Waals surface area (Å²) in [6.45, 7) is 0. The normalized spacial score (nSPS) is 7.20. The number of hydrogen-bond donors (Lipinski definition) is 2. The topological polar surface area (TPSA) is 65.7 Å². The molecule has 1 aromatic rings. The zero-order chi connectivity index (χ0) is 5.98. The molecule has 0 unspecified atom stereocenters. The third-order valence-corrected chi connectivity index (χ3v) is 0.686. The highest BCUT2D eigenvalue weighted by Crippen LogP contribution is 1.51. The fraction of sp³-hybridized carbons (Fsp3) is 0. The van der Waals surface area contributed by atoms with Crippen LogP contribution in [0.5, 0.6) is 0 Å². The molecule has 0 saturated carbocycles. The Morgan fingerprint density at radius 1 is 1.20 bits per heavy atom. The minimum Gasteiger partial charge on any atom is -0.314 e. The van der Waals surface area contributed by atoms with Gasteiger partial charge in [-0.25, -0.2) is 4.79 Å². The van der Waals surface area contributed by atoms with Crippen LogP contribution in [-0.2, 0) is 0 Å². The van der Waals surface area contributed by atoms with Gasteiger partial charge in [-0.2, -0.15) is 0 Å². The second-order valence-corrected chi connectivity index (χ2v) is 1.30. The van der Waals surface area contributed by atoms with Crippen LogP contribution in [0.2, 0.25) is 0 Å². The van der Waals surface area contributed by atoms with E-state index in [9.17, 15) is 9.59 Å². The Balaban J connectivity index is 0. The fourth-order valence-corrected chi connectivity index (χ4v) is 0.383. The maximum Gasteiger partial charge on any atom is 0.325 e. The lowest BCUT2D eigenvalue weighted by atomic mass is 10.7. The Kier molecular flexibility index (Phi) is 5.02. The Bertz CT molecular complexity index is 254. The average molecular weight is 152 g/mol. The quantitative estimate of drug-likeness (QED) is 0.519. The minimum atomic E-state index is -0.475. The van der Waals surface area contributed by atoms with Crippen molar-refractivity contribution < 1.29 is 9.41 Å². The van der Waals surface area contributed by atoms with E-state index in [1.807, 2.05) is 4.98 Å². The van der Waals surface area contributed by atoms with E-state index in [0.29, 0.717) is 0 Å².